The van der Waals surface area contributed by atoms with Gasteiger partial charge in [0.25, 0.3) is 5.91 Å². The third-order valence-corrected chi connectivity index (χ3v) is 4.35. The average Bonchev–Trinajstić information content (AvgIpc) is 2.54. The van der Waals surface area contributed by atoms with E-state index in [1.54, 1.807) is 18.3 Å². The van der Waals surface area contributed by atoms with E-state index in [-0.39, 0.29) is 24.0 Å². The number of rotatable bonds is 7. The first-order valence-corrected chi connectivity index (χ1v) is 8.52. The Hall–Kier alpha value is -1.62. The van der Waals surface area contributed by atoms with Gasteiger partial charge in [0, 0.05) is 31.0 Å². The minimum absolute atomic E-state index is 0.123. The van der Waals surface area contributed by atoms with Crippen LogP contribution in [-0.2, 0) is 0 Å². The molecule has 2 rings (SSSR count). The minimum Gasteiger partial charge on any atom is -0.474 e. The molecule has 1 fully saturated rings. The normalized spacial score (nSPS) is 16.1. The van der Waals surface area contributed by atoms with E-state index < -0.39 is 0 Å². The number of ether oxygens (including phenoxy) is 1. The maximum Gasteiger partial charge on any atom is 0.251 e. The maximum atomic E-state index is 12.3. The fraction of sp³-hybridized carbons (Fsp3) is 0.667. The number of carbonyl (C=O) groups excluding carboxylic acids is 1. The van der Waals surface area contributed by atoms with Gasteiger partial charge in [-0.05, 0) is 43.6 Å². The summed E-state index contributed by atoms with van der Waals surface area (Å²) in [5.74, 6) is 0.395. The third kappa shape index (κ3) is 5.82. The standard InChI is InChI=1S/C18H28N2O3/c1-18(2,9-11-21)13-20-17(22)14-8-10-19-16(12-14)23-15-6-4-3-5-7-15/h8,10,12,15,21H,3-7,9,11,13H2,1-2H3,(H,20,22). The molecule has 0 unspecified atom stereocenters. The fourth-order valence-electron chi connectivity index (χ4n) is 2.78. The molecule has 0 atom stereocenters. The molecule has 5 nitrogen and oxygen atoms in total. The molecule has 128 valence electrons. The van der Waals surface area contributed by atoms with Crippen LogP contribution in [0.5, 0.6) is 5.88 Å². The second kappa shape index (κ2) is 8.29. The molecule has 0 aliphatic heterocycles. The Morgan fingerprint density at radius 1 is 1.39 bits per heavy atom. The Morgan fingerprint density at radius 2 is 2.13 bits per heavy atom. The number of aliphatic hydroxyl groups is 1. The molecule has 1 aliphatic rings. The minimum atomic E-state index is -0.132. The Bertz CT molecular complexity index is 511. The van der Waals surface area contributed by atoms with Crippen molar-refractivity contribution in [2.24, 2.45) is 5.41 Å². The van der Waals surface area contributed by atoms with Crippen LogP contribution < -0.4 is 10.1 Å². The van der Waals surface area contributed by atoms with E-state index in [2.05, 4.69) is 10.3 Å². The van der Waals surface area contributed by atoms with Crippen molar-refractivity contribution in [1.29, 1.82) is 0 Å². The number of carbonyl (C=O) groups is 1. The first kappa shape index (κ1) is 17.7. The molecule has 23 heavy (non-hydrogen) atoms. The molecule has 0 spiro atoms. The first-order chi connectivity index (χ1) is 11.0. The summed E-state index contributed by atoms with van der Waals surface area (Å²) in [7, 11) is 0. The predicted octanol–water partition coefficient (Wildman–Crippen LogP) is 2.93. The van der Waals surface area contributed by atoms with Crippen molar-refractivity contribution < 1.29 is 14.6 Å². The lowest BCUT2D eigenvalue weighted by Gasteiger charge is -2.24. The fourth-order valence-corrected chi connectivity index (χ4v) is 2.78. The topological polar surface area (TPSA) is 71.5 Å². The van der Waals surface area contributed by atoms with Crippen molar-refractivity contribution in [1.82, 2.24) is 10.3 Å². The van der Waals surface area contributed by atoms with Crippen molar-refractivity contribution in [3.63, 3.8) is 0 Å². The van der Waals surface area contributed by atoms with Crippen LogP contribution in [0.4, 0.5) is 0 Å². The lowest BCUT2D eigenvalue weighted by atomic mass is 9.89. The molecular formula is C18H28N2O3. The summed E-state index contributed by atoms with van der Waals surface area (Å²) in [6.07, 6.45) is 8.29. The summed E-state index contributed by atoms with van der Waals surface area (Å²) < 4.78 is 5.91. The van der Waals surface area contributed by atoms with E-state index in [0.717, 1.165) is 12.8 Å². The molecule has 0 aromatic carbocycles. The van der Waals surface area contributed by atoms with Gasteiger partial charge in [-0.3, -0.25) is 4.79 Å². The van der Waals surface area contributed by atoms with Crippen LogP contribution >= 0.6 is 0 Å². The highest BCUT2D eigenvalue weighted by molar-refractivity contribution is 5.94. The number of hydrogen-bond donors (Lipinski definition) is 2. The number of aliphatic hydroxyl groups excluding tert-OH is 1. The molecule has 0 radical (unpaired) electrons. The molecule has 0 bridgehead atoms. The SMILES string of the molecule is CC(C)(CCO)CNC(=O)c1ccnc(OC2CCCCC2)c1. The van der Waals surface area contributed by atoms with Gasteiger partial charge in [-0.1, -0.05) is 20.3 Å². The summed E-state index contributed by atoms with van der Waals surface area (Å²) in [5, 5.41) is 12.0. The van der Waals surface area contributed by atoms with E-state index in [0.29, 0.717) is 24.4 Å². The highest BCUT2D eigenvalue weighted by Gasteiger charge is 2.19. The van der Waals surface area contributed by atoms with Gasteiger partial charge in [-0.2, -0.15) is 0 Å². The van der Waals surface area contributed by atoms with Gasteiger partial charge >= 0.3 is 0 Å². The zero-order chi connectivity index (χ0) is 16.7. The van der Waals surface area contributed by atoms with Crippen LogP contribution in [0.3, 0.4) is 0 Å². The highest BCUT2D eigenvalue weighted by atomic mass is 16.5. The Kier molecular flexibility index (Phi) is 6.39. The molecule has 2 N–H and O–H groups in total. The van der Waals surface area contributed by atoms with Gasteiger partial charge in [-0.15, -0.1) is 0 Å². The maximum absolute atomic E-state index is 12.3. The zero-order valence-corrected chi connectivity index (χ0v) is 14.2. The number of amides is 1. The van der Waals surface area contributed by atoms with Crippen LogP contribution in [0.25, 0.3) is 0 Å². The zero-order valence-electron chi connectivity index (χ0n) is 14.2. The number of aromatic nitrogens is 1. The molecule has 1 aliphatic carbocycles. The lowest BCUT2D eigenvalue weighted by molar-refractivity contribution is 0.0926. The van der Waals surface area contributed by atoms with Gasteiger partial charge < -0.3 is 15.2 Å². The summed E-state index contributed by atoms with van der Waals surface area (Å²) in [4.78, 5) is 16.5. The number of pyridine rings is 1. The summed E-state index contributed by atoms with van der Waals surface area (Å²) >= 11 is 0. The van der Waals surface area contributed by atoms with E-state index in [4.69, 9.17) is 9.84 Å². The van der Waals surface area contributed by atoms with Crippen molar-refractivity contribution in [3.8, 4) is 5.88 Å². The third-order valence-electron chi connectivity index (χ3n) is 4.35. The number of nitrogens with one attached hydrogen (secondary N) is 1. The van der Waals surface area contributed by atoms with Gasteiger partial charge in [-0.25, -0.2) is 4.98 Å². The van der Waals surface area contributed by atoms with Gasteiger partial charge in [0.15, 0.2) is 0 Å². The molecule has 0 saturated heterocycles. The summed E-state index contributed by atoms with van der Waals surface area (Å²) in [6, 6.07) is 3.41. The number of hydrogen-bond acceptors (Lipinski definition) is 4. The molecule has 5 heteroatoms. The van der Waals surface area contributed by atoms with Crippen molar-refractivity contribution in [2.75, 3.05) is 13.2 Å². The quantitative estimate of drug-likeness (QED) is 0.810. The van der Waals surface area contributed by atoms with Crippen molar-refractivity contribution in [3.05, 3.63) is 23.9 Å². The van der Waals surface area contributed by atoms with Crippen LogP contribution in [0, 0.1) is 5.41 Å². The van der Waals surface area contributed by atoms with E-state index in [9.17, 15) is 4.79 Å². The van der Waals surface area contributed by atoms with Crippen LogP contribution in [0.15, 0.2) is 18.3 Å². The molecule has 1 heterocycles. The van der Waals surface area contributed by atoms with Crippen LogP contribution in [0.1, 0.15) is 62.7 Å². The van der Waals surface area contributed by atoms with Crippen molar-refractivity contribution in [2.45, 2.75) is 58.5 Å². The monoisotopic (exact) mass is 320 g/mol. The van der Waals surface area contributed by atoms with E-state index in [1.165, 1.54) is 19.3 Å². The largest absolute Gasteiger partial charge is 0.474 e. The average molecular weight is 320 g/mol. The van der Waals surface area contributed by atoms with Gasteiger partial charge in [0.1, 0.15) is 6.10 Å². The molecule has 1 aromatic heterocycles. The van der Waals surface area contributed by atoms with Crippen molar-refractivity contribution >= 4 is 5.91 Å². The molecular weight excluding hydrogens is 292 g/mol. The molecule has 1 aromatic rings. The Labute approximate surface area is 138 Å². The van der Waals surface area contributed by atoms with E-state index in [1.807, 2.05) is 13.8 Å². The molecule has 1 saturated carbocycles. The smallest absolute Gasteiger partial charge is 0.251 e. The lowest BCUT2D eigenvalue weighted by Crippen LogP contribution is -2.34. The Balaban J connectivity index is 1.91. The Morgan fingerprint density at radius 3 is 2.83 bits per heavy atom. The van der Waals surface area contributed by atoms with Crippen LogP contribution in [0.2, 0.25) is 0 Å². The van der Waals surface area contributed by atoms with Gasteiger partial charge in [0.2, 0.25) is 5.88 Å². The predicted molar refractivity (Wildman–Crippen MR) is 89.6 cm³/mol. The summed E-state index contributed by atoms with van der Waals surface area (Å²) in [5.41, 5.74) is 0.435. The summed E-state index contributed by atoms with van der Waals surface area (Å²) in [6.45, 7) is 4.69. The van der Waals surface area contributed by atoms with Gasteiger partial charge in [0.05, 0.1) is 0 Å². The highest BCUT2D eigenvalue weighted by Crippen LogP contribution is 2.23. The first-order valence-electron chi connectivity index (χ1n) is 8.52. The number of nitrogens with zero attached hydrogens (tertiary/aromatic N) is 1. The van der Waals surface area contributed by atoms with Crippen LogP contribution in [-0.4, -0.2) is 35.3 Å². The molecule has 1 amide bonds. The van der Waals surface area contributed by atoms with E-state index >= 15 is 0 Å². The second-order valence-corrected chi connectivity index (χ2v) is 7.08. The second-order valence-electron chi connectivity index (χ2n) is 7.08.